The summed E-state index contributed by atoms with van der Waals surface area (Å²) in [7, 11) is 4.11. The third-order valence-corrected chi connectivity index (χ3v) is 6.06. The lowest BCUT2D eigenvalue weighted by Gasteiger charge is -2.17. The standard InChI is InChI=1S/C26H29NO.C3H7I/c1-4-25(21-11-7-5-8-12-21)26(22-13-9-6-10-14-22)23-15-17-24(18-16-23)28-20-19-27(2)3;1-2-3-4/h5-18H,4,19-20H2,1-3H3;2-3H2,1H3. The van der Waals surface area contributed by atoms with Gasteiger partial charge in [-0.15, -0.1) is 0 Å². The molecule has 0 amide bonds. The third-order valence-electron chi connectivity index (χ3n) is 4.98. The van der Waals surface area contributed by atoms with E-state index in [0.29, 0.717) is 6.61 Å². The normalized spacial score (nSPS) is 11.4. The second kappa shape index (κ2) is 14.9. The molecule has 0 radical (unpaired) electrons. The van der Waals surface area contributed by atoms with Gasteiger partial charge in [0.15, 0.2) is 0 Å². The lowest BCUT2D eigenvalue weighted by Crippen LogP contribution is -2.19. The summed E-state index contributed by atoms with van der Waals surface area (Å²) < 4.78 is 7.16. The minimum Gasteiger partial charge on any atom is -0.492 e. The zero-order chi connectivity index (χ0) is 23.2. The first-order chi connectivity index (χ1) is 15.6. The van der Waals surface area contributed by atoms with Gasteiger partial charge in [0.1, 0.15) is 12.4 Å². The van der Waals surface area contributed by atoms with E-state index in [1.54, 1.807) is 0 Å². The van der Waals surface area contributed by atoms with Crippen LogP contribution in [0.2, 0.25) is 0 Å². The fourth-order valence-electron chi connectivity index (χ4n) is 3.35. The molecule has 0 atom stereocenters. The Morgan fingerprint density at radius 1 is 0.750 bits per heavy atom. The predicted molar refractivity (Wildman–Crippen MR) is 149 cm³/mol. The lowest BCUT2D eigenvalue weighted by molar-refractivity contribution is 0.261. The van der Waals surface area contributed by atoms with Crippen molar-refractivity contribution in [2.45, 2.75) is 26.7 Å². The summed E-state index contributed by atoms with van der Waals surface area (Å²) in [4.78, 5) is 2.12. The first-order valence-electron chi connectivity index (χ1n) is 11.4. The first-order valence-corrected chi connectivity index (χ1v) is 12.9. The van der Waals surface area contributed by atoms with Crippen LogP contribution in [-0.2, 0) is 0 Å². The van der Waals surface area contributed by atoms with E-state index in [4.69, 9.17) is 4.74 Å². The van der Waals surface area contributed by atoms with Gasteiger partial charge in [-0.05, 0) is 71.3 Å². The highest BCUT2D eigenvalue weighted by atomic mass is 127. The zero-order valence-electron chi connectivity index (χ0n) is 19.9. The van der Waals surface area contributed by atoms with Gasteiger partial charge in [0.25, 0.3) is 0 Å². The van der Waals surface area contributed by atoms with Crippen molar-refractivity contribution >= 4 is 33.7 Å². The number of rotatable bonds is 9. The van der Waals surface area contributed by atoms with E-state index >= 15 is 0 Å². The van der Waals surface area contributed by atoms with E-state index in [2.05, 4.69) is 140 Å². The topological polar surface area (TPSA) is 12.5 Å². The number of hydrogen-bond donors (Lipinski definition) is 0. The van der Waals surface area contributed by atoms with Crippen LogP contribution >= 0.6 is 22.6 Å². The van der Waals surface area contributed by atoms with Crippen LogP contribution in [-0.4, -0.2) is 36.6 Å². The van der Waals surface area contributed by atoms with E-state index in [1.807, 2.05) is 0 Å². The number of halogens is 1. The summed E-state index contributed by atoms with van der Waals surface area (Å²) >= 11 is 2.35. The van der Waals surface area contributed by atoms with E-state index < -0.39 is 0 Å². The van der Waals surface area contributed by atoms with Crippen molar-refractivity contribution in [2.75, 3.05) is 31.7 Å². The Morgan fingerprint density at radius 2 is 1.25 bits per heavy atom. The van der Waals surface area contributed by atoms with Crippen LogP contribution in [0.3, 0.4) is 0 Å². The summed E-state index contributed by atoms with van der Waals surface area (Å²) in [5.74, 6) is 0.913. The molecule has 0 fully saturated rings. The number of ether oxygens (including phenoxy) is 1. The van der Waals surface area contributed by atoms with Gasteiger partial charge < -0.3 is 9.64 Å². The molecule has 0 aliphatic heterocycles. The number of likely N-dealkylation sites (N-methyl/N-ethyl adjacent to an activating group) is 1. The second-order valence-electron chi connectivity index (χ2n) is 7.80. The van der Waals surface area contributed by atoms with Gasteiger partial charge in [0.05, 0.1) is 0 Å². The summed E-state index contributed by atoms with van der Waals surface area (Å²) in [6.45, 7) is 6.00. The highest BCUT2D eigenvalue weighted by molar-refractivity contribution is 14.1. The first kappa shape index (κ1) is 26.1. The monoisotopic (exact) mass is 541 g/mol. The number of alkyl halides is 1. The summed E-state index contributed by atoms with van der Waals surface area (Å²) in [6.07, 6.45) is 2.27. The molecule has 0 spiro atoms. The smallest absolute Gasteiger partial charge is 0.119 e. The fraction of sp³-hybridized carbons (Fsp3) is 0.310. The van der Waals surface area contributed by atoms with Gasteiger partial charge in [-0.1, -0.05) is 109 Å². The molecule has 3 heteroatoms. The molecule has 0 unspecified atom stereocenters. The predicted octanol–water partition coefficient (Wildman–Crippen LogP) is 7.83. The molecule has 3 aromatic carbocycles. The molecule has 170 valence electrons. The zero-order valence-corrected chi connectivity index (χ0v) is 22.0. The number of nitrogens with zero attached hydrogens (tertiary/aromatic N) is 1. The Hall–Kier alpha value is -2.11. The molecule has 0 N–H and O–H groups in total. The van der Waals surface area contributed by atoms with E-state index in [1.165, 1.54) is 38.7 Å². The van der Waals surface area contributed by atoms with E-state index in [-0.39, 0.29) is 0 Å². The van der Waals surface area contributed by atoms with Gasteiger partial charge in [0.2, 0.25) is 0 Å². The summed E-state index contributed by atoms with van der Waals surface area (Å²) in [6, 6.07) is 29.8. The van der Waals surface area contributed by atoms with Gasteiger partial charge in [-0.2, -0.15) is 0 Å². The van der Waals surface area contributed by atoms with Gasteiger partial charge in [-0.3, -0.25) is 0 Å². The highest BCUT2D eigenvalue weighted by Crippen LogP contribution is 2.34. The van der Waals surface area contributed by atoms with Gasteiger partial charge in [-0.25, -0.2) is 0 Å². The summed E-state index contributed by atoms with van der Waals surface area (Å²) in [5.41, 5.74) is 6.37. The Balaban J connectivity index is 0.000000837. The average Bonchev–Trinajstić information content (AvgIpc) is 2.84. The molecule has 3 rings (SSSR count). The molecule has 32 heavy (non-hydrogen) atoms. The van der Waals surface area contributed by atoms with Crippen molar-refractivity contribution in [1.82, 2.24) is 4.90 Å². The largest absolute Gasteiger partial charge is 0.492 e. The van der Waals surface area contributed by atoms with Crippen LogP contribution in [0.5, 0.6) is 5.75 Å². The minimum absolute atomic E-state index is 0.692. The van der Waals surface area contributed by atoms with Crippen LogP contribution in [0.4, 0.5) is 0 Å². The van der Waals surface area contributed by atoms with Crippen molar-refractivity contribution < 1.29 is 4.74 Å². The maximum atomic E-state index is 5.87. The van der Waals surface area contributed by atoms with Crippen molar-refractivity contribution in [3.05, 3.63) is 102 Å². The Morgan fingerprint density at radius 3 is 1.72 bits per heavy atom. The van der Waals surface area contributed by atoms with E-state index in [0.717, 1.165) is 18.7 Å². The van der Waals surface area contributed by atoms with Crippen LogP contribution in [0.15, 0.2) is 84.9 Å². The second-order valence-corrected chi connectivity index (χ2v) is 8.88. The summed E-state index contributed by atoms with van der Waals surface area (Å²) in [5, 5.41) is 0. The Labute approximate surface area is 208 Å². The lowest BCUT2D eigenvalue weighted by atomic mass is 9.88. The molecule has 0 saturated carbocycles. The number of allylic oxidation sites excluding steroid dienone is 1. The van der Waals surface area contributed by atoms with E-state index in [9.17, 15) is 0 Å². The quantitative estimate of drug-likeness (QED) is 0.156. The SMILES string of the molecule is CCC(=C(c1ccccc1)c1ccc(OCCN(C)C)cc1)c1ccccc1.CCCI. The van der Waals surface area contributed by atoms with Crippen molar-refractivity contribution in [3.63, 3.8) is 0 Å². The molecular weight excluding hydrogens is 505 g/mol. The minimum atomic E-state index is 0.692. The molecule has 0 aliphatic rings. The third kappa shape index (κ3) is 8.44. The molecule has 2 nitrogen and oxygen atoms in total. The van der Waals surface area contributed by atoms with Crippen molar-refractivity contribution in [2.24, 2.45) is 0 Å². The molecule has 0 bridgehead atoms. The number of benzene rings is 3. The molecular formula is C29H36INO. The number of hydrogen-bond acceptors (Lipinski definition) is 2. The van der Waals surface area contributed by atoms with Gasteiger partial charge >= 0.3 is 0 Å². The molecule has 0 saturated heterocycles. The molecule has 0 heterocycles. The molecule has 0 aliphatic carbocycles. The van der Waals surface area contributed by atoms with Crippen LogP contribution in [0, 0.1) is 0 Å². The highest BCUT2D eigenvalue weighted by Gasteiger charge is 2.13. The Bertz CT molecular complexity index is 916. The van der Waals surface area contributed by atoms with Crippen molar-refractivity contribution in [1.29, 1.82) is 0 Å². The van der Waals surface area contributed by atoms with Crippen LogP contribution in [0.1, 0.15) is 43.4 Å². The maximum absolute atomic E-state index is 5.87. The van der Waals surface area contributed by atoms with Gasteiger partial charge in [0, 0.05) is 6.54 Å². The van der Waals surface area contributed by atoms with Crippen LogP contribution < -0.4 is 4.74 Å². The fourth-order valence-corrected chi connectivity index (χ4v) is 3.35. The van der Waals surface area contributed by atoms with Crippen LogP contribution in [0.25, 0.3) is 11.1 Å². The molecule has 3 aromatic rings. The average molecular weight is 542 g/mol. The Kier molecular flexibility index (Phi) is 12.1. The molecule has 0 aromatic heterocycles. The van der Waals surface area contributed by atoms with Crippen molar-refractivity contribution in [3.8, 4) is 5.75 Å². The maximum Gasteiger partial charge on any atom is 0.119 e.